The van der Waals surface area contributed by atoms with Gasteiger partial charge >= 0.3 is 6.03 Å². The highest BCUT2D eigenvalue weighted by atomic mass is 32.1. The van der Waals surface area contributed by atoms with Crippen LogP contribution < -0.4 is 16.1 Å². The number of anilines is 1. The number of benzene rings is 2. The minimum absolute atomic E-state index is 0.0713. The van der Waals surface area contributed by atoms with E-state index in [9.17, 15) is 19.7 Å². The number of thiocarbonyl (C=S) groups is 1. The fourth-order valence-electron chi connectivity index (χ4n) is 2.84. The topological polar surface area (TPSA) is 117 Å². The lowest BCUT2D eigenvalue weighted by Gasteiger charge is -2.22. The van der Waals surface area contributed by atoms with E-state index >= 15 is 0 Å². The van der Waals surface area contributed by atoms with Crippen LogP contribution in [0.25, 0.3) is 0 Å². The van der Waals surface area contributed by atoms with Gasteiger partial charge in [-0.05, 0) is 61.5 Å². The van der Waals surface area contributed by atoms with Crippen molar-refractivity contribution >= 4 is 40.6 Å². The lowest BCUT2D eigenvalue weighted by Crippen LogP contribution is -2.49. The van der Waals surface area contributed by atoms with Crippen molar-refractivity contribution < 1.29 is 14.5 Å². The van der Waals surface area contributed by atoms with Crippen molar-refractivity contribution in [2.75, 3.05) is 5.32 Å². The molecule has 9 nitrogen and oxygen atoms in total. The zero-order chi connectivity index (χ0) is 20.5. The number of hydrazine groups is 1. The van der Waals surface area contributed by atoms with Crippen LogP contribution in [0, 0.1) is 17.0 Å². The summed E-state index contributed by atoms with van der Waals surface area (Å²) >= 11 is 5.19. The van der Waals surface area contributed by atoms with E-state index in [-0.39, 0.29) is 10.8 Å². The predicted molar refractivity (Wildman–Crippen MR) is 106 cm³/mol. The Morgan fingerprint density at radius 2 is 1.89 bits per heavy atom. The van der Waals surface area contributed by atoms with Crippen molar-refractivity contribution in [3.05, 3.63) is 69.8 Å². The van der Waals surface area contributed by atoms with Gasteiger partial charge in [-0.2, -0.15) is 5.01 Å². The first-order chi connectivity index (χ1) is 13.2. The summed E-state index contributed by atoms with van der Waals surface area (Å²) in [6, 6.07) is 12.2. The molecule has 0 aromatic heterocycles. The molecule has 144 valence electrons. The normalized spacial score (nSPS) is 18.6. The zero-order valence-corrected chi connectivity index (χ0v) is 15.9. The first kappa shape index (κ1) is 19.2. The Kier molecular flexibility index (Phi) is 4.97. The third-order valence-electron chi connectivity index (χ3n) is 4.34. The van der Waals surface area contributed by atoms with Crippen LogP contribution in [-0.2, 0) is 10.3 Å². The van der Waals surface area contributed by atoms with Crippen LogP contribution in [0.4, 0.5) is 16.2 Å². The number of nitro groups is 1. The SMILES string of the molecule is Cc1cccc(NC(=S)NN2C(=O)N[C@](C)(c3ccc([N+](=O)[O-])cc3)C2=O)c1. The second kappa shape index (κ2) is 7.24. The van der Waals surface area contributed by atoms with E-state index in [1.54, 1.807) is 6.07 Å². The first-order valence-corrected chi connectivity index (χ1v) is 8.67. The fraction of sp³-hybridized carbons (Fsp3) is 0.167. The molecule has 1 aliphatic rings. The van der Waals surface area contributed by atoms with Crippen LogP contribution >= 0.6 is 12.2 Å². The van der Waals surface area contributed by atoms with Gasteiger partial charge in [0.05, 0.1) is 4.92 Å². The second-order valence-electron chi connectivity index (χ2n) is 6.44. The average Bonchev–Trinajstić information content (AvgIpc) is 2.86. The van der Waals surface area contributed by atoms with Crippen LogP contribution in [-0.4, -0.2) is 27.0 Å². The molecule has 1 saturated heterocycles. The van der Waals surface area contributed by atoms with Crippen molar-refractivity contribution in [1.82, 2.24) is 15.8 Å². The molecule has 0 aliphatic carbocycles. The maximum Gasteiger partial charge on any atom is 0.344 e. The molecule has 3 rings (SSSR count). The quantitative estimate of drug-likeness (QED) is 0.313. The Morgan fingerprint density at radius 3 is 2.50 bits per heavy atom. The van der Waals surface area contributed by atoms with Gasteiger partial charge in [-0.25, -0.2) is 4.79 Å². The summed E-state index contributed by atoms with van der Waals surface area (Å²) in [5.74, 6) is -0.584. The molecule has 1 heterocycles. The lowest BCUT2D eigenvalue weighted by molar-refractivity contribution is -0.384. The van der Waals surface area contributed by atoms with Gasteiger partial charge in [0.2, 0.25) is 0 Å². The minimum Gasteiger partial charge on any atom is -0.331 e. The Morgan fingerprint density at radius 1 is 1.21 bits per heavy atom. The van der Waals surface area contributed by atoms with Gasteiger partial charge in [-0.1, -0.05) is 12.1 Å². The highest BCUT2D eigenvalue weighted by Crippen LogP contribution is 2.29. The molecule has 10 heteroatoms. The Hall–Kier alpha value is -3.53. The van der Waals surface area contributed by atoms with E-state index < -0.39 is 22.4 Å². The molecule has 3 N–H and O–H groups in total. The number of carbonyl (C=O) groups is 2. The summed E-state index contributed by atoms with van der Waals surface area (Å²) in [5, 5.41) is 17.2. The van der Waals surface area contributed by atoms with Gasteiger partial charge in [-0.15, -0.1) is 0 Å². The third kappa shape index (κ3) is 3.62. The highest BCUT2D eigenvalue weighted by Gasteiger charge is 2.49. The molecule has 3 amide bonds. The van der Waals surface area contributed by atoms with Crippen molar-refractivity contribution in [1.29, 1.82) is 0 Å². The third-order valence-corrected chi connectivity index (χ3v) is 4.53. The van der Waals surface area contributed by atoms with Gasteiger partial charge in [-0.3, -0.25) is 20.3 Å². The molecule has 2 aromatic carbocycles. The molecule has 0 spiro atoms. The summed E-state index contributed by atoms with van der Waals surface area (Å²) in [4.78, 5) is 35.5. The monoisotopic (exact) mass is 399 g/mol. The number of hydrogen-bond acceptors (Lipinski definition) is 5. The number of nitrogens with zero attached hydrogens (tertiary/aromatic N) is 2. The van der Waals surface area contributed by atoms with Crippen LogP contribution in [0.3, 0.4) is 0 Å². The van der Waals surface area contributed by atoms with Gasteiger partial charge in [0.15, 0.2) is 5.11 Å². The van der Waals surface area contributed by atoms with Crippen LogP contribution in [0.2, 0.25) is 0 Å². The lowest BCUT2D eigenvalue weighted by atomic mass is 9.92. The number of nitro benzene ring substituents is 1. The number of urea groups is 1. The van der Waals surface area contributed by atoms with E-state index in [2.05, 4.69) is 16.1 Å². The smallest absolute Gasteiger partial charge is 0.331 e. The molecule has 1 atom stereocenters. The summed E-state index contributed by atoms with van der Waals surface area (Å²) < 4.78 is 0. The fourth-order valence-corrected chi connectivity index (χ4v) is 3.05. The highest BCUT2D eigenvalue weighted by molar-refractivity contribution is 7.80. The molecule has 28 heavy (non-hydrogen) atoms. The van der Waals surface area contributed by atoms with E-state index in [1.807, 2.05) is 25.1 Å². The van der Waals surface area contributed by atoms with E-state index in [0.29, 0.717) is 11.3 Å². The number of rotatable bonds is 4. The first-order valence-electron chi connectivity index (χ1n) is 8.26. The van der Waals surface area contributed by atoms with Gasteiger partial charge in [0.1, 0.15) is 5.54 Å². The van der Waals surface area contributed by atoms with E-state index in [0.717, 1.165) is 10.6 Å². The standard InChI is InChI=1S/C18H17N5O4S/c1-11-4-3-5-13(10-11)19-16(28)21-22-15(24)18(2,20-17(22)25)12-6-8-14(9-7-12)23(26)27/h3-10H,1-2H3,(H,20,25)(H2,19,21,28)/t18-/m1/s1. The molecule has 0 bridgehead atoms. The number of nitrogens with one attached hydrogen (secondary N) is 3. The summed E-state index contributed by atoms with van der Waals surface area (Å²) in [6.07, 6.45) is 0. The molecule has 1 fully saturated rings. The molecule has 1 aliphatic heterocycles. The van der Waals surface area contributed by atoms with E-state index in [4.69, 9.17) is 12.2 Å². The molecule has 2 aromatic rings. The van der Waals surface area contributed by atoms with Gasteiger partial charge in [0.25, 0.3) is 11.6 Å². The average molecular weight is 399 g/mol. The van der Waals surface area contributed by atoms with Crippen molar-refractivity contribution in [3.63, 3.8) is 0 Å². The molecule has 0 radical (unpaired) electrons. The van der Waals surface area contributed by atoms with Crippen LogP contribution in [0.15, 0.2) is 48.5 Å². The maximum atomic E-state index is 12.9. The van der Waals surface area contributed by atoms with Crippen LogP contribution in [0.5, 0.6) is 0 Å². The van der Waals surface area contributed by atoms with Crippen molar-refractivity contribution in [3.8, 4) is 0 Å². The Bertz CT molecular complexity index is 978. The Balaban J connectivity index is 1.75. The summed E-state index contributed by atoms with van der Waals surface area (Å²) in [5.41, 5.74) is 3.25. The van der Waals surface area contributed by atoms with Crippen LogP contribution in [0.1, 0.15) is 18.1 Å². The molecule has 0 saturated carbocycles. The number of hydrogen-bond donors (Lipinski definition) is 3. The molecule has 0 unspecified atom stereocenters. The summed E-state index contributed by atoms with van der Waals surface area (Å²) in [7, 11) is 0. The number of carbonyl (C=O) groups excluding carboxylic acids is 2. The Labute approximate surface area is 165 Å². The van der Waals surface area contributed by atoms with Crippen molar-refractivity contribution in [2.45, 2.75) is 19.4 Å². The second-order valence-corrected chi connectivity index (χ2v) is 6.84. The molecular formula is C18H17N5O4S. The summed E-state index contributed by atoms with van der Waals surface area (Å²) in [6.45, 7) is 3.45. The van der Waals surface area contributed by atoms with Gasteiger partial charge in [0, 0.05) is 17.8 Å². The number of amides is 3. The zero-order valence-electron chi connectivity index (χ0n) is 15.1. The number of aryl methyl sites for hydroxylation is 1. The number of non-ortho nitro benzene ring substituents is 1. The predicted octanol–water partition coefficient (Wildman–Crippen LogP) is 2.57. The van der Waals surface area contributed by atoms with E-state index in [1.165, 1.54) is 31.2 Å². The molecular weight excluding hydrogens is 382 g/mol. The minimum atomic E-state index is -1.38. The maximum absolute atomic E-state index is 12.9. The number of imide groups is 1. The largest absolute Gasteiger partial charge is 0.344 e. The van der Waals surface area contributed by atoms with Crippen molar-refractivity contribution in [2.24, 2.45) is 0 Å². The van der Waals surface area contributed by atoms with Gasteiger partial charge < -0.3 is 10.6 Å².